The molecule has 1 N–H and O–H groups in total. The van der Waals surface area contributed by atoms with E-state index in [2.05, 4.69) is 20.3 Å². The van der Waals surface area contributed by atoms with Crippen LogP contribution < -0.4 is 5.32 Å². The highest BCUT2D eigenvalue weighted by Gasteiger charge is 2.12. The molecule has 0 aliphatic heterocycles. The van der Waals surface area contributed by atoms with Gasteiger partial charge in [0.2, 0.25) is 11.8 Å². The SMILES string of the molecule is COC(=O)CCCNC(=O)c1ccc(-c2nnc(-c3cccc(C)c3)o2)cc1. The lowest BCUT2D eigenvalue weighted by Gasteiger charge is -2.05. The molecule has 0 aliphatic carbocycles. The number of hydrogen-bond acceptors (Lipinski definition) is 6. The number of methoxy groups -OCH3 is 1. The van der Waals surface area contributed by atoms with Crippen LogP contribution in [0.2, 0.25) is 0 Å². The second kappa shape index (κ2) is 8.94. The molecule has 0 bridgehead atoms. The third kappa shape index (κ3) is 4.82. The lowest BCUT2D eigenvalue weighted by Crippen LogP contribution is -2.24. The summed E-state index contributed by atoms with van der Waals surface area (Å²) < 4.78 is 10.3. The summed E-state index contributed by atoms with van der Waals surface area (Å²) in [4.78, 5) is 23.2. The van der Waals surface area contributed by atoms with Crippen molar-refractivity contribution in [3.63, 3.8) is 0 Å². The normalized spacial score (nSPS) is 10.5. The van der Waals surface area contributed by atoms with Crippen molar-refractivity contribution in [2.24, 2.45) is 0 Å². The summed E-state index contributed by atoms with van der Waals surface area (Å²) in [5.41, 5.74) is 3.22. The molecule has 0 saturated carbocycles. The van der Waals surface area contributed by atoms with Crippen LogP contribution in [0.5, 0.6) is 0 Å². The van der Waals surface area contributed by atoms with Crippen molar-refractivity contribution < 1.29 is 18.7 Å². The van der Waals surface area contributed by atoms with Crippen LogP contribution in [0.25, 0.3) is 22.9 Å². The van der Waals surface area contributed by atoms with Crippen LogP contribution in [0.4, 0.5) is 0 Å². The highest BCUT2D eigenvalue weighted by molar-refractivity contribution is 5.94. The van der Waals surface area contributed by atoms with Gasteiger partial charge in [-0.05, 0) is 49.7 Å². The van der Waals surface area contributed by atoms with Crippen molar-refractivity contribution in [3.05, 3.63) is 59.7 Å². The molecule has 3 rings (SSSR count). The molecule has 1 aromatic heterocycles. The van der Waals surface area contributed by atoms with Crippen LogP contribution >= 0.6 is 0 Å². The van der Waals surface area contributed by atoms with Gasteiger partial charge in [-0.3, -0.25) is 9.59 Å². The zero-order valence-corrected chi connectivity index (χ0v) is 15.8. The molecule has 0 spiro atoms. The molecule has 0 atom stereocenters. The van der Waals surface area contributed by atoms with Gasteiger partial charge in [-0.2, -0.15) is 0 Å². The number of rotatable bonds is 7. The maximum Gasteiger partial charge on any atom is 0.305 e. The third-order valence-electron chi connectivity index (χ3n) is 4.15. The van der Waals surface area contributed by atoms with Crippen LogP contribution in [-0.2, 0) is 9.53 Å². The van der Waals surface area contributed by atoms with Crippen LogP contribution in [0.3, 0.4) is 0 Å². The Hall–Kier alpha value is -3.48. The van der Waals surface area contributed by atoms with Gasteiger partial charge in [-0.1, -0.05) is 17.7 Å². The third-order valence-corrected chi connectivity index (χ3v) is 4.15. The molecular weight excluding hydrogens is 358 g/mol. The molecular formula is C21H21N3O4. The number of benzene rings is 2. The van der Waals surface area contributed by atoms with E-state index in [-0.39, 0.29) is 18.3 Å². The molecule has 0 fully saturated rings. The van der Waals surface area contributed by atoms with E-state index in [0.717, 1.165) is 16.7 Å². The molecule has 0 unspecified atom stereocenters. The number of nitrogens with one attached hydrogen (secondary N) is 1. The number of carbonyl (C=O) groups is 2. The smallest absolute Gasteiger partial charge is 0.305 e. The summed E-state index contributed by atoms with van der Waals surface area (Å²) in [6, 6.07) is 14.7. The molecule has 2 aromatic carbocycles. The van der Waals surface area contributed by atoms with Crippen LogP contribution in [-0.4, -0.2) is 35.7 Å². The first-order chi connectivity index (χ1) is 13.6. The van der Waals surface area contributed by atoms with Gasteiger partial charge in [-0.15, -0.1) is 10.2 Å². The molecule has 1 amide bonds. The van der Waals surface area contributed by atoms with Gasteiger partial charge in [0.05, 0.1) is 7.11 Å². The van der Waals surface area contributed by atoms with E-state index < -0.39 is 0 Å². The van der Waals surface area contributed by atoms with Crippen molar-refractivity contribution in [2.45, 2.75) is 19.8 Å². The quantitative estimate of drug-likeness (QED) is 0.499. The summed E-state index contributed by atoms with van der Waals surface area (Å²) in [5, 5.41) is 11.0. The summed E-state index contributed by atoms with van der Waals surface area (Å²) in [5.74, 6) is 0.346. The number of ether oxygens (including phenoxy) is 1. The van der Waals surface area contributed by atoms with Gasteiger partial charge in [0.25, 0.3) is 5.91 Å². The second-order valence-corrected chi connectivity index (χ2v) is 6.29. The topological polar surface area (TPSA) is 94.3 Å². The van der Waals surface area contributed by atoms with Crippen molar-refractivity contribution in [2.75, 3.05) is 13.7 Å². The first-order valence-electron chi connectivity index (χ1n) is 8.93. The van der Waals surface area contributed by atoms with E-state index in [4.69, 9.17) is 4.42 Å². The zero-order chi connectivity index (χ0) is 19.9. The summed E-state index contributed by atoms with van der Waals surface area (Å²) in [6.07, 6.45) is 0.802. The van der Waals surface area contributed by atoms with Crippen LogP contribution in [0, 0.1) is 6.92 Å². The number of amides is 1. The first-order valence-corrected chi connectivity index (χ1v) is 8.93. The Kier molecular flexibility index (Phi) is 6.16. The summed E-state index contributed by atoms with van der Waals surface area (Å²) in [6.45, 7) is 2.40. The Morgan fingerprint density at radius 3 is 2.43 bits per heavy atom. The van der Waals surface area contributed by atoms with E-state index in [9.17, 15) is 9.59 Å². The number of esters is 1. The van der Waals surface area contributed by atoms with Crippen molar-refractivity contribution in [1.29, 1.82) is 0 Å². The largest absolute Gasteiger partial charge is 0.469 e. The van der Waals surface area contributed by atoms with E-state index in [0.29, 0.717) is 30.3 Å². The predicted molar refractivity (Wildman–Crippen MR) is 103 cm³/mol. The number of hydrogen-bond donors (Lipinski definition) is 1. The molecule has 0 saturated heterocycles. The highest BCUT2D eigenvalue weighted by Crippen LogP contribution is 2.24. The Balaban J connectivity index is 1.61. The predicted octanol–water partition coefficient (Wildman–Crippen LogP) is 3.40. The van der Waals surface area contributed by atoms with Gasteiger partial charge in [0.1, 0.15) is 0 Å². The lowest BCUT2D eigenvalue weighted by atomic mass is 10.1. The van der Waals surface area contributed by atoms with Crippen molar-refractivity contribution in [1.82, 2.24) is 15.5 Å². The van der Waals surface area contributed by atoms with Gasteiger partial charge in [-0.25, -0.2) is 0 Å². The van der Waals surface area contributed by atoms with Crippen molar-refractivity contribution >= 4 is 11.9 Å². The number of nitrogens with zero attached hydrogens (tertiary/aromatic N) is 2. The zero-order valence-electron chi connectivity index (χ0n) is 15.8. The minimum Gasteiger partial charge on any atom is -0.469 e. The van der Waals surface area contributed by atoms with Gasteiger partial charge >= 0.3 is 5.97 Å². The van der Waals surface area contributed by atoms with Crippen LogP contribution in [0.15, 0.2) is 52.9 Å². The molecule has 7 heteroatoms. The van der Waals surface area contributed by atoms with Crippen molar-refractivity contribution in [3.8, 4) is 22.9 Å². The molecule has 1 heterocycles. The van der Waals surface area contributed by atoms with E-state index in [1.165, 1.54) is 7.11 Å². The molecule has 0 aliphatic rings. The van der Waals surface area contributed by atoms with E-state index in [1.54, 1.807) is 24.3 Å². The Labute approximate surface area is 162 Å². The number of aryl methyl sites for hydroxylation is 1. The average Bonchev–Trinajstić information content (AvgIpc) is 3.21. The minimum atomic E-state index is -0.289. The Bertz CT molecular complexity index is 964. The molecule has 28 heavy (non-hydrogen) atoms. The molecule has 0 radical (unpaired) electrons. The Morgan fingerprint density at radius 1 is 1.04 bits per heavy atom. The fourth-order valence-corrected chi connectivity index (χ4v) is 2.64. The molecule has 3 aromatic rings. The number of aromatic nitrogens is 2. The van der Waals surface area contributed by atoms with E-state index >= 15 is 0 Å². The van der Waals surface area contributed by atoms with Gasteiger partial charge in [0.15, 0.2) is 0 Å². The second-order valence-electron chi connectivity index (χ2n) is 6.29. The fourth-order valence-electron chi connectivity index (χ4n) is 2.64. The molecule has 144 valence electrons. The highest BCUT2D eigenvalue weighted by atomic mass is 16.5. The first kappa shape index (κ1) is 19.3. The summed E-state index contributed by atoms with van der Waals surface area (Å²) in [7, 11) is 1.34. The minimum absolute atomic E-state index is 0.206. The standard InChI is InChI=1S/C21H21N3O4/c1-14-5-3-6-17(13-14)21-24-23-20(28-21)16-10-8-15(9-11-16)19(26)22-12-4-7-18(25)27-2/h3,5-6,8-11,13H,4,7,12H2,1-2H3,(H,22,26). The average molecular weight is 379 g/mol. The number of carbonyl (C=O) groups excluding carboxylic acids is 2. The maximum absolute atomic E-state index is 12.1. The Morgan fingerprint density at radius 2 is 1.75 bits per heavy atom. The maximum atomic E-state index is 12.1. The summed E-state index contributed by atoms with van der Waals surface area (Å²) >= 11 is 0. The fraction of sp³-hybridized carbons (Fsp3) is 0.238. The van der Waals surface area contributed by atoms with Gasteiger partial charge in [0, 0.05) is 29.7 Å². The monoisotopic (exact) mass is 379 g/mol. The lowest BCUT2D eigenvalue weighted by molar-refractivity contribution is -0.140. The van der Waals surface area contributed by atoms with Crippen LogP contribution in [0.1, 0.15) is 28.8 Å². The van der Waals surface area contributed by atoms with E-state index in [1.807, 2.05) is 31.2 Å². The molecule has 7 nitrogen and oxygen atoms in total. The van der Waals surface area contributed by atoms with Gasteiger partial charge < -0.3 is 14.5 Å².